The molecule has 0 aliphatic carbocycles. The van der Waals surface area contributed by atoms with Crippen LogP contribution in [0.1, 0.15) is 41.0 Å². The summed E-state index contributed by atoms with van der Waals surface area (Å²) in [7, 11) is 0. The quantitative estimate of drug-likeness (QED) is 0.748. The second kappa shape index (κ2) is 7.41. The largest absolute Gasteiger partial charge is 0.323 e. The number of para-hydroxylation sites is 1. The predicted octanol–water partition coefficient (Wildman–Crippen LogP) is 4.10. The number of anilines is 1. The molecule has 2 aromatic carbocycles. The molecule has 0 spiro atoms. The zero-order valence-corrected chi connectivity index (χ0v) is 16.1. The maximum Gasteiger partial charge on any atom is 0.262 e. The fourth-order valence-corrected chi connectivity index (χ4v) is 3.43. The Hall–Kier alpha value is -2.47. The van der Waals surface area contributed by atoms with Gasteiger partial charge in [0.1, 0.15) is 6.04 Å². The number of hydrogen-bond acceptors (Lipinski definition) is 3. The second-order valence-electron chi connectivity index (χ2n) is 6.64. The second-order valence-corrected chi connectivity index (χ2v) is 7.49. The van der Waals surface area contributed by atoms with Gasteiger partial charge in [0.25, 0.3) is 11.8 Å². The van der Waals surface area contributed by atoms with Crippen LogP contribution in [0, 0.1) is 5.92 Å². The highest BCUT2D eigenvalue weighted by Gasteiger charge is 2.42. The molecule has 1 aliphatic rings. The van der Waals surface area contributed by atoms with Crippen molar-refractivity contribution in [2.24, 2.45) is 5.92 Å². The fourth-order valence-electron chi connectivity index (χ4n) is 3.05. The molecule has 1 N–H and O–H groups in total. The molecule has 134 valence electrons. The number of carbonyl (C=O) groups excluding carboxylic acids is 3. The van der Waals surface area contributed by atoms with Crippen molar-refractivity contribution in [3.63, 3.8) is 0 Å². The first-order chi connectivity index (χ1) is 12.4. The Morgan fingerprint density at radius 1 is 1.00 bits per heavy atom. The Morgan fingerprint density at radius 3 is 2.08 bits per heavy atom. The SMILES string of the molecule is CC(C)CC(C(=O)Nc1ccccc1Br)N1C(=O)c2ccccc2C1=O. The van der Waals surface area contributed by atoms with Gasteiger partial charge < -0.3 is 5.32 Å². The van der Waals surface area contributed by atoms with Gasteiger partial charge in [-0.3, -0.25) is 19.3 Å². The smallest absolute Gasteiger partial charge is 0.262 e. The van der Waals surface area contributed by atoms with Gasteiger partial charge >= 0.3 is 0 Å². The van der Waals surface area contributed by atoms with Crippen LogP contribution in [-0.2, 0) is 4.79 Å². The summed E-state index contributed by atoms with van der Waals surface area (Å²) in [6.45, 7) is 3.91. The Morgan fingerprint density at radius 2 is 1.54 bits per heavy atom. The van der Waals surface area contributed by atoms with E-state index in [0.717, 1.165) is 9.37 Å². The van der Waals surface area contributed by atoms with Gasteiger partial charge in [0, 0.05) is 4.47 Å². The van der Waals surface area contributed by atoms with Gasteiger partial charge in [-0.05, 0) is 52.5 Å². The molecule has 26 heavy (non-hydrogen) atoms. The molecule has 0 saturated carbocycles. The molecule has 3 rings (SSSR count). The topological polar surface area (TPSA) is 66.5 Å². The number of benzene rings is 2. The van der Waals surface area contributed by atoms with E-state index in [0.29, 0.717) is 23.2 Å². The summed E-state index contributed by atoms with van der Waals surface area (Å²) in [5, 5.41) is 2.83. The maximum absolute atomic E-state index is 13.0. The molecule has 1 atom stereocenters. The summed E-state index contributed by atoms with van der Waals surface area (Å²) >= 11 is 3.39. The number of nitrogens with one attached hydrogen (secondary N) is 1. The molecule has 5 nitrogen and oxygen atoms in total. The third-order valence-electron chi connectivity index (χ3n) is 4.27. The molecular weight excluding hydrogens is 396 g/mol. The number of fused-ring (bicyclic) bond motifs is 1. The van der Waals surface area contributed by atoms with E-state index in [1.807, 2.05) is 26.0 Å². The van der Waals surface area contributed by atoms with Crippen molar-refractivity contribution >= 4 is 39.3 Å². The van der Waals surface area contributed by atoms with Crippen molar-refractivity contribution in [1.82, 2.24) is 4.90 Å². The lowest BCUT2D eigenvalue weighted by atomic mass is 10.0. The number of amides is 3. The van der Waals surface area contributed by atoms with Gasteiger partial charge in [0.2, 0.25) is 5.91 Å². The molecule has 2 aromatic rings. The first kappa shape index (κ1) is 18.3. The molecule has 1 heterocycles. The lowest BCUT2D eigenvalue weighted by Gasteiger charge is -2.27. The summed E-state index contributed by atoms with van der Waals surface area (Å²) in [5.41, 5.74) is 1.29. The number of imide groups is 1. The Labute approximate surface area is 160 Å². The van der Waals surface area contributed by atoms with Crippen molar-refractivity contribution in [3.8, 4) is 0 Å². The number of nitrogens with zero attached hydrogens (tertiary/aromatic N) is 1. The van der Waals surface area contributed by atoms with Crippen molar-refractivity contribution in [1.29, 1.82) is 0 Å². The van der Waals surface area contributed by atoms with Gasteiger partial charge in [0.05, 0.1) is 16.8 Å². The highest BCUT2D eigenvalue weighted by atomic mass is 79.9. The van der Waals surface area contributed by atoms with E-state index in [1.54, 1.807) is 36.4 Å². The molecule has 1 unspecified atom stereocenters. The average molecular weight is 415 g/mol. The zero-order valence-electron chi connectivity index (χ0n) is 14.5. The van der Waals surface area contributed by atoms with Gasteiger partial charge in [-0.2, -0.15) is 0 Å². The lowest BCUT2D eigenvalue weighted by Crippen LogP contribution is -2.48. The van der Waals surface area contributed by atoms with Crippen LogP contribution in [0.25, 0.3) is 0 Å². The molecule has 6 heteroatoms. The van der Waals surface area contributed by atoms with Gasteiger partial charge in [-0.25, -0.2) is 0 Å². The van der Waals surface area contributed by atoms with E-state index in [2.05, 4.69) is 21.2 Å². The highest BCUT2D eigenvalue weighted by Crippen LogP contribution is 2.28. The summed E-state index contributed by atoms with van der Waals surface area (Å²) in [6.07, 6.45) is 0.391. The molecule has 0 saturated heterocycles. The number of halogens is 1. The predicted molar refractivity (Wildman–Crippen MR) is 103 cm³/mol. The normalized spacial score (nSPS) is 14.5. The third-order valence-corrected chi connectivity index (χ3v) is 4.96. The Bertz CT molecular complexity index is 844. The molecular formula is C20H19BrN2O3. The van der Waals surface area contributed by atoms with E-state index in [4.69, 9.17) is 0 Å². The Balaban J connectivity index is 1.92. The van der Waals surface area contributed by atoms with Crippen LogP contribution >= 0.6 is 15.9 Å². The minimum absolute atomic E-state index is 0.134. The Kier molecular flexibility index (Phi) is 5.23. The van der Waals surface area contributed by atoms with E-state index in [9.17, 15) is 14.4 Å². The van der Waals surface area contributed by atoms with E-state index in [1.165, 1.54) is 0 Å². The molecule has 0 bridgehead atoms. The number of hydrogen-bond donors (Lipinski definition) is 1. The molecule has 3 amide bonds. The lowest BCUT2D eigenvalue weighted by molar-refractivity contribution is -0.120. The van der Waals surface area contributed by atoms with Crippen molar-refractivity contribution in [2.45, 2.75) is 26.3 Å². The van der Waals surface area contributed by atoms with Gasteiger partial charge in [0.15, 0.2) is 0 Å². The first-order valence-electron chi connectivity index (χ1n) is 8.42. The van der Waals surface area contributed by atoms with E-state index in [-0.39, 0.29) is 11.8 Å². The van der Waals surface area contributed by atoms with Crippen LogP contribution < -0.4 is 5.32 Å². The molecule has 1 aliphatic heterocycles. The van der Waals surface area contributed by atoms with Crippen LogP contribution in [0.15, 0.2) is 53.0 Å². The van der Waals surface area contributed by atoms with Crippen molar-refractivity contribution in [2.75, 3.05) is 5.32 Å². The van der Waals surface area contributed by atoms with Gasteiger partial charge in [-0.15, -0.1) is 0 Å². The molecule has 0 fully saturated rings. The fraction of sp³-hybridized carbons (Fsp3) is 0.250. The van der Waals surface area contributed by atoms with E-state index >= 15 is 0 Å². The third kappa shape index (κ3) is 3.42. The molecule has 0 radical (unpaired) electrons. The van der Waals surface area contributed by atoms with Crippen LogP contribution in [0.5, 0.6) is 0 Å². The average Bonchev–Trinajstić information content (AvgIpc) is 2.86. The summed E-state index contributed by atoms with van der Waals surface area (Å²) in [4.78, 5) is 39.6. The standard InChI is InChI=1S/C20H19BrN2O3/c1-12(2)11-17(18(24)22-16-10-6-5-9-15(16)21)23-19(25)13-7-3-4-8-14(13)20(23)26/h3-10,12,17H,11H2,1-2H3,(H,22,24). The van der Waals surface area contributed by atoms with E-state index < -0.39 is 17.9 Å². The van der Waals surface area contributed by atoms with Crippen molar-refractivity contribution < 1.29 is 14.4 Å². The number of carbonyl (C=O) groups is 3. The molecule has 0 aromatic heterocycles. The number of rotatable bonds is 5. The van der Waals surface area contributed by atoms with Crippen LogP contribution in [0.3, 0.4) is 0 Å². The zero-order chi connectivity index (χ0) is 18.8. The van der Waals surface area contributed by atoms with Crippen molar-refractivity contribution in [3.05, 3.63) is 64.1 Å². The van der Waals surface area contributed by atoms with Gasteiger partial charge in [-0.1, -0.05) is 38.1 Å². The summed E-state index contributed by atoms with van der Waals surface area (Å²) in [6, 6.07) is 13.0. The first-order valence-corrected chi connectivity index (χ1v) is 9.21. The van der Waals surface area contributed by atoms with Crippen LogP contribution in [-0.4, -0.2) is 28.7 Å². The highest BCUT2D eigenvalue weighted by molar-refractivity contribution is 9.10. The minimum atomic E-state index is -0.866. The monoisotopic (exact) mass is 414 g/mol. The summed E-state index contributed by atoms with van der Waals surface area (Å²) in [5.74, 6) is -1.08. The maximum atomic E-state index is 13.0. The summed E-state index contributed by atoms with van der Waals surface area (Å²) < 4.78 is 0.735. The van der Waals surface area contributed by atoms with Crippen LogP contribution in [0.2, 0.25) is 0 Å². The minimum Gasteiger partial charge on any atom is -0.323 e. The van der Waals surface area contributed by atoms with Crippen LogP contribution in [0.4, 0.5) is 5.69 Å².